The predicted molar refractivity (Wildman–Crippen MR) is 92.1 cm³/mol. The Kier molecular flexibility index (Phi) is 4.97. The third-order valence-corrected chi connectivity index (χ3v) is 4.39. The van der Waals surface area contributed by atoms with Crippen LogP contribution in [0, 0.1) is 6.92 Å². The van der Waals surface area contributed by atoms with Gasteiger partial charge in [0.2, 0.25) is 0 Å². The molecular formula is C16H18N6OS. The van der Waals surface area contributed by atoms with Gasteiger partial charge in [-0.2, -0.15) is 0 Å². The number of hydrogen-bond donors (Lipinski definition) is 2. The number of aryl methyl sites for hydroxylation is 1. The van der Waals surface area contributed by atoms with Crippen molar-refractivity contribution in [3.63, 3.8) is 0 Å². The molecule has 3 heterocycles. The van der Waals surface area contributed by atoms with Gasteiger partial charge < -0.3 is 11.1 Å². The average Bonchev–Trinajstić information content (AvgIpc) is 3.23. The fraction of sp³-hybridized carbons (Fsp3) is 0.250. The smallest absolute Gasteiger partial charge is 0.271 e. The zero-order valence-corrected chi connectivity index (χ0v) is 14.1. The fourth-order valence-electron chi connectivity index (χ4n) is 2.21. The Labute approximate surface area is 143 Å². The Balaban J connectivity index is 1.60. The number of nitrogens with two attached hydrogens (primary N) is 1. The molecule has 0 fully saturated rings. The van der Waals surface area contributed by atoms with Crippen molar-refractivity contribution in [2.75, 3.05) is 6.54 Å². The van der Waals surface area contributed by atoms with Crippen LogP contribution >= 0.6 is 11.3 Å². The van der Waals surface area contributed by atoms with E-state index in [0.717, 1.165) is 22.2 Å². The van der Waals surface area contributed by atoms with E-state index in [4.69, 9.17) is 5.73 Å². The molecule has 24 heavy (non-hydrogen) atoms. The molecule has 0 bridgehead atoms. The SMILES string of the molecule is Cc1nccn1-c1ccc(CNC(=O)c2csc(CCN)n2)cn1. The minimum Gasteiger partial charge on any atom is -0.347 e. The van der Waals surface area contributed by atoms with Gasteiger partial charge in [0.25, 0.3) is 5.91 Å². The van der Waals surface area contributed by atoms with Crippen LogP contribution in [0.4, 0.5) is 0 Å². The van der Waals surface area contributed by atoms with Crippen molar-refractivity contribution in [3.05, 3.63) is 58.2 Å². The van der Waals surface area contributed by atoms with Gasteiger partial charge in [-0.1, -0.05) is 6.07 Å². The summed E-state index contributed by atoms with van der Waals surface area (Å²) in [5.74, 6) is 1.48. The fourth-order valence-corrected chi connectivity index (χ4v) is 3.00. The van der Waals surface area contributed by atoms with Crippen LogP contribution in [0.3, 0.4) is 0 Å². The minimum atomic E-state index is -0.191. The van der Waals surface area contributed by atoms with Crippen molar-refractivity contribution in [1.29, 1.82) is 0 Å². The van der Waals surface area contributed by atoms with Crippen LogP contribution in [0.5, 0.6) is 0 Å². The highest BCUT2D eigenvalue weighted by molar-refractivity contribution is 7.09. The van der Waals surface area contributed by atoms with E-state index in [1.807, 2.05) is 29.8 Å². The van der Waals surface area contributed by atoms with Crippen molar-refractivity contribution in [2.24, 2.45) is 5.73 Å². The van der Waals surface area contributed by atoms with E-state index >= 15 is 0 Å². The Morgan fingerprint density at radius 3 is 2.92 bits per heavy atom. The van der Waals surface area contributed by atoms with Gasteiger partial charge in [0.1, 0.15) is 17.3 Å². The molecule has 0 radical (unpaired) electrons. The number of hydrogen-bond acceptors (Lipinski definition) is 6. The Morgan fingerprint density at radius 2 is 2.25 bits per heavy atom. The number of nitrogens with zero attached hydrogens (tertiary/aromatic N) is 4. The summed E-state index contributed by atoms with van der Waals surface area (Å²) in [4.78, 5) is 25.0. The first-order valence-electron chi connectivity index (χ1n) is 7.55. The topological polar surface area (TPSA) is 98.7 Å². The van der Waals surface area contributed by atoms with Crippen molar-refractivity contribution in [3.8, 4) is 5.82 Å². The minimum absolute atomic E-state index is 0.191. The first-order chi connectivity index (χ1) is 11.7. The van der Waals surface area contributed by atoms with E-state index in [-0.39, 0.29) is 5.91 Å². The number of thiazole rings is 1. The number of carbonyl (C=O) groups excluding carboxylic acids is 1. The molecule has 0 saturated carbocycles. The van der Waals surface area contributed by atoms with E-state index < -0.39 is 0 Å². The Bertz CT molecular complexity index is 823. The zero-order chi connectivity index (χ0) is 16.9. The maximum atomic E-state index is 12.1. The van der Waals surface area contributed by atoms with Crippen molar-refractivity contribution in [2.45, 2.75) is 19.9 Å². The summed E-state index contributed by atoms with van der Waals surface area (Å²) < 4.78 is 1.90. The number of imidazole rings is 1. The quantitative estimate of drug-likeness (QED) is 0.707. The van der Waals surface area contributed by atoms with Gasteiger partial charge in [-0.15, -0.1) is 11.3 Å². The van der Waals surface area contributed by atoms with Crippen LogP contribution in [-0.4, -0.2) is 32.0 Å². The number of amides is 1. The van der Waals surface area contributed by atoms with Crippen LogP contribution in [0.25, 0.3) is 5.82 Å². The van der Waals surface area contributed by atoms with E-state index in [0.29, 0.717) is 25.2 Å². The molecule has 124 valence electrons. The number of nitrogens with one attached hydrogen (secondary N) is 1. The molecule has 3 aromatic heterocycles. The Hall–Kier alpha value is -2.58. The summed E-state index contributed by atoms with van der Waals surface area (Å²) in [6.07, 6.45) is 6.03. The van der Waals surface area contributed by atoms with Crippen LogP contribution < -0.4 is 11.1 Å². The second kappa shape index (κ2) is 7.33. The lowest BCUT2D eigenvalue weighted by Crippen LogP contribution is -2.23. The predicted octanol–water partition coefficient (Wildman–Crippen LogP) is 1.46. The lowest BCUT2D eigenvalue weighted by Gasteiger charge is -2.06. The summed E-state index contributed by atoms with van der Waals surface area (Å²) in [6.45, 7) is 2.85. The number of carbonyl (C=O) groups is 1. The monoisotopic (exact) mass is 342 g/mol. The van der Waals surface area contributed by atoms with E-state index in [1.165, 1.54) is 11.3 Å². The summed E-state index contributed by atoms with van der Waals surface area (Å²) in [7, 11) is 0. The summed E-state index contributed by atoms with van der Waals surface area (Å²) >= 11 is 1.45. The summed E-state index contributed by atoms with van der Waals surface area (Å²) in [6, 6.07) is 3.83. The number of pyridine rings is 1. The lowest BCUT2D eigenvalue weighted by atomic mass is 10.2. The van der Waals surface area contributed by atoms with E-state index in [9.17, 15) is 4.79 Å². The van der Waals surface area contributed by atoms with Gasteiger partial charge in [0, 0.05) is 36.9 Å². The molecule has 3 rings (SSSR count). The van der Waals surface area contributed by atoms with Crippen LogP contribution in [-0.2, 0) is 13.0 Å². The van der Waals surface area contributed by atoms with Crippen molar-refractivity contribution in [1.82, 2.24) is 24.8 Å². The zero-order valence-electron chi connectivity index (χ0n) is 13.3. The molecule has 8 heteroatoms. The molecule has 0 aliphatic carbocycles. The van der Waals surface area contributed by atoms with Gasteiger partial charge in [0.15, 0.2) is 0 Å². The third kappa shape index (κ3) is 3.66. The first-order valence-corrected chi connectivity index (χ1v) is 8.43. The van der Waals surface area contributed by atoms with Crippen molar-refractivity contribution >= 4 is 17.2 Å². The highest BCUT2D eigenvalue weighted by Gasteiger charge is 2.10. The molecule has 0 aliphatic rings. The highest BCUT2D eigenvalue weighted by atomic mass is 32.1. The molecular weight excluding hydrogens is 324 g/mol. The molecule has 0 saturated heterocycles. The van der Waals surface area contributed by atoms with Gasteiger partial charge in [-0.3, -0.25) is 9.36 Å². The molecule has 0 spiro atoms. The number of aromatic nitrogens is 4. The third-order valence-electron chi connectivity index (χ3n) is 3.48. The molecule has 0 atom stereocenters. The maximum Gasteiger partial charge on any atom is 0.271 e. The highest BCUT2D eigenvalue weighted by Crippen LogP contribution is 2.11. The molecule has 0 aliphatic heterocycles. The van der Waals surface area contributed by atoms with Gasteiger partial charge in [0.05, 0.1) is 5.01 Å². The van der Waals surface area contributed by atoms with Crippen molar-refractivity contribution < 1.29 is 4.79 Å². The van der Waals surface area contributed by atoms with Crippen LogP contribution in [0.15, 0.2) is 36.1 Å². The molecule has 3 N–H and O–H groups in total. The maximum absolute atomic E-state index is 12.1. The molecule has 1 amide bonds. The summed E-state index contributed by atoms with van der Waals surface area (Å²) in [5.41, 5.74) is 6.84. The van der Waals surface area contributed by atoms with Gasteiger partial charge in [-0.25, -0.2) is 15.0 Å². The second-order valence-corrected chi connectivity index (χ2v) is 6.16. The Morgan fingerprint density at radius 1 is 1.38 bits per heavy atom. The normalized spacial score (nSPS) is 10.8. The summed E-state index contributed by atoms with van der Waals surface area (Å²) in [5, 5.41) is 5.48. The first kappa shape index (κ1) is 16.3. The standard InChI is InChI=1S/C16H18N6OS/c1-11-18-6-7-22(11)14-3-2-12(8-19-14)9-20-16(23)13-10-24-15(21-13)4-5-17/h2-3,6-8,10H,4-5,9,17H2,1H3,(H,20,23). The molecule has 3 aromatic rings. The lowest BCUT2D eigenvalue weighted by molar-refractivity contribution is 0.0946. The van der Waals surface area contributed by atoms with Gasteiger partial charge >= 0.3 is 0 Å². The van der Waals surface area contributed by atoms with E-state index in [2.05, 4.69) is 20.3 Å². The molecule has 0 unspecified atom stereocenters. The second-order valence-electron chi connectivity index (χ2n) is 5.22. The number of rotatable bonds is 6. The van der Waals surface area contributed by atoms with Crippen LogP contribution in [0.2, 0.25) is 0 Å². The average molecular weight is 342 g/mol. The molecule has 7 nitrogen and oxygen atoms in total. The van der Waals surface area contributed by atoms with E-state index in [1.54, 1.807) is 17.8 Å². The van der Waals surface area contributed by atoms with Crippen LogP contribution in [0.1, 0.15) is 26.9 Å². The largest absolute Gasteiger partial charge is 0.347 e. The van der Waals surface area contributed by atoms with Gasteiger partial charge in [-0.05, 0) is 25.1 Å². The molecule has 0 aromatic carbocycles.